The number of hydrogen-bond donors (Lipinski definition) is 3. The molecule has 12 nitrogen and oxygen atoms in total. The van der Waals surface area contributed by atoms with E-state index in [0.29, 0.717) is 35.9 Å². The molecule has 4 N–H and O–H groups in total. The van der Waals surface area contributed by atoms with Crippen LogP contribution in [0.2, 0.25) is 0 Å². The Morgan fingerprint density at radius 3 is 2.80 bits per heavy atom. The third-order valence-corrected chi connectivity index (χ3v) is 4.34. The zero-order valence-corrected chi connectivity index (χ0v) is 16.6. The molecule has 12 heteroatoms. The number of nitrogens with two attached hydrogens (primary N) is 1. The lowest BCUT2D eigenvalue weighted by atomic mass is 10.3. The molecule has 4 heterocycles. The summed E-state index contributed by atoms with van der Waals surface area (Å²) in [6, 6.07) is 1.82. The summed E-state index contributed by atoms with van der Waals surface area (Å²) in [5.74, 6) is 0.972. The Labute approximate surface area is 171 Å². The van der Waals surface area contributed by atoms with Crippen molar-refractivity contribution in [2.24, 2.45) is 0 Å². The SMILES string of the molecule is CCn1nc(C)cc1NC(=O)Cn1cnc2c(NCc3cncnc3)nc(N)nc21. The average molecular weight is 407 g/mol. The van der Waals surface area contributed by atoms with E-state index in [4.69, 9.17) is 5.73 Å². The van der Waals surface area contributed by atoms with Gasteiger partial charge in [-0.15, -0.1) is 0 Å². The maximum Gasteiger partial charge on any atom is 0.245 e. The van der Waals surface area contributed by atoms with Crippen LogP contribution in [0.3, 0.4) is 0 Å². The van der Waals surface area contributed by atoms with Crippen LogP contribution < -0.4 is 16.4 Å². The first-order valence-electron chi connectivity index (χ1n) is 9.34. The normalized spacial score (nSPS) is 11.0. The van der Waals surface area contributed by atoms with E-state index >= 15 is 0 Å². The van der Waals surface area contributed by atoms with Crippen molar-refractivity contribution in [3.8, 4) is 0 Å². The molecule has 1 amide bonds. The summed E-state index contributed by atoms with van der Waals surface area (Å²) in [5.41, 5.74) is 8.57. The third kappa shape index (κ3) is 4.01. The molecule has 4 aromatic rings. The molecule has 0 radical (unpaired) electrons. The summed E-state index contributed by atoms with van der Waals surface area (Å²) in [6.07, 6.45) is 6.41. The second kappa shape index (κ2) is 8.11. The molecule has 0 spiro atoms. The van der Waals surface area contributed by atoms with E-state index in [-0.39, 0.29) is 18.4 Å². The minimum atomic E-state index is -0.225. The quantitative estimate of drug-likeness (QED) is 0.406. The van der Waals surface area contributed by atoms with Crippen LogP contribution in [0, 0.1) is 6.92 Å². The van der Waals surface area contributed by atoms with Gasteiger partial charge >= 0.3 is 0 Å². The first kappa shape index (κ1) is 19.2. The first-order chi connectivity index (χ1) is 14.5. The van der Waals surface area contributed by atoms with E-state index in [9.17, 15) is 4.79 Å². The zero-order valence-electron chi connectivity index (χ0n) is 16.6. The molecule has 0 bridgehead atoms. The Kier molecular flexibility index (Phi) is 5.20. The molecular weight excluding hydrogens is 386 g/mol. The zero-order chi connectivity index (χ0) is 21.1. The molecular formula is C18H21N11O. The van der Waals surface area contributed by atoms with Crippen LogP contribution in [-0.2, 0) is 24.4 Å². The van der Waals surface area contributed by atoms with E-state index in [1.807, 2.05) is 19.9 Å². The Hall–Kier alpha value is -4.09. The van der Waals surface area contributed by atoms with Crippen LogP contribution in [-0.4, -0.2) is 45.2 Å². The monoisotopic (exact) mass is 407 g/mol. The number of fused-ring (bicyclic) bond motifs is 1. The Morgan fingerprint density at radius 2 is 2.03 bits per heavy atom. The molecule has 4 aromatic heterocycles. The van der Waals surface area contributed by atoms with Gasteiger partial charge in [0, 0.05) is 37.1 Å². The highest BCUT2D eigenvalue weighted by Gasteiger charge is 2.15. The number of carbonyl (C=O) groups excluding carboxylic acids is 1. The lowest BCUT2D eigenvalue weighted by Gasteiger charge is -2.09. The minimum absolute atomic E-state index is 0.0207. The number of anilines is 3. The number of nitrogens with zero attached hydrogens (tertiary/aromatic N) is 8. The number of amides is 1. The van der Waals surface area contributed by atoms with E-state index in [0.717, 1.165) is 11.3 Å². The van der Waals surface area contributed by atoms with Crippen molar-refractivity contribution >= 4 is 34.7 Å². The molecule has 0 fully saturated rings. The van der Waals surface area contributed by atoms with Gasteiger partial charge in [0.2, 0.25) is 11.9 Å². The molecule has 0 aliphatic carbocycles. The topological polar surface area (TPSA) is 154 Å². The molecule has 0 saturated heterocycles. The molecule has 0 aliphatic rings. The van der Waals surface area contributed by atoms with Gasteiger partial charge in [0.15, 0.2) is 17.0 Å². The lowest BCUT2D eigenvalue weighted by Crippen LogP contribution is -2.20. The number of nitrogen functional groups attached to an aromatic ring is 1. The van der Waals surface area contributed by atoms with Crippen LogP contribution >= 0.6 is 0 Å². The van der Waals surface area contributed by atoms with Gasteiger partial charge in [0.05, 0.1) is 12.0 Å². The van der Waals surface area contributed by atoms with Crippen molar-refractivity contribution in [2.45, 2.75) is 33.5 Å². The fraction of sp³-hybridized carbons (Fsp3) is 0.278. The fourth-order valence-electron chi connectivity index (χ4n) is 3.03. The molecule has 0 atom stereocenters. The summed E-state index contributed by atoms with van der Waals surface area (Å²) >= 11 is 0. The molecule has 0 aliphatic heterocycles. The molecule has 0 saturated carbocycles. The molecule has 30 heavy (non-hydrogen) atoms. The van der Waals surface area contributed by atoms with Crippen molar-refractivity contribution in [1.29, 1.82) is 0 Å². The van der Waals surface area contributed by atoms with Gasteiger partial charge in [-0.05, 0) is 13.8 Å². The summed E-state index contributed by atoms with van der Waals surface area (Å²) in [7, 11) is 0. The van der Waals surface area contributed by atoms with Gasteiger partial charge in [-0.1, -0.05) is 0 Å². The summed E-state index contributed by atoms with van der Waals surface area (Å²) in [5, 5.41) is 10.4. The van der Waals surface area contributed by atoms with Crippen molar-refractivity contribution in [3.05, 3.63) is 42.4 Å². The second-order valence-electron chi connectivity index (χ2n) is 6.61. The third-order valence-electron chi connectivity index (χ3n) is 4.34. The van der Waals surface area contributed by atoms with Crippen molar-refractivity contribution in [2.75, 3.05) is 16.4 Å². The van der Waals surface area contributed by atoms with E-state index in [2.05, 4.69) is 40.7 Å². The van der Waals surface area contributed by atoms with E-state index < -0.39 is 0 Å². The highest BCUT2D eigenvalue weighted by molar-refractivity contribution is 5.91. The van der Waals surface area contributed by atoms with Gasteiger partial charge in [0.25, 0.3) is 0 Å². The van der Waals surface area contributed by atoms with Crippen LogP contribution in [0.15, 0.2) is 31.1 Å². The molecule has 0 unspecified atom stereocenters. The molecule has 0 aromatic carbocycles. The van der Waals surface area contributed by atoms with Gasteiger partial charge in [-0.25, -0.2) is 19.6 Å². The standard InChI is InChI=1S/C18H21N11O/c1-3-29-13(4-11(2)27-29)24-14(30)8-28-10-23-15-16(25-18(19)26-17(15)28)22-7-12-5-20-9-21-6-12/h4-6,9-10H,3,7-8H2,1-2H3,(H,24,30)(H3,19,22,25,26). The summed E-state index contributed by atoms with van der Waals surface area (Å²) in [6.45, 7) is 4.96. The number of hydrogen-bond acceptors (Lipinski definition) is 9. The minimum Gasteiger partial charge on any atom is -0.368 e. The highest BCUT2D eigenvalue weighted by atomic mass is 16.2. The van der Waals surface area contributed by atoms with E-state index in [1.54, 1.807) is 21.6 Å². The first-order valence-corrected chi connectivity index (χ1v) is 9.34. The lowest BCUT2D eigenvalue weighted by molar-refractivity contribution is -0.116. The largest absolute Gasteiger partial charge is 0.368 e. The number of imidazole rings is 1. The number of aromatic nitrogens is 8. The summed E-state index contributed by atoms with van der Waals surface area (Å²) < 4.78 is 3.35. The predicted octanol–water partition coefficient (Wildman–Crippen LogP) is 0.974. The predicted molar refractivity (Wildman–Crippen MR) is 110 cm³/mol. The number of rotatable bonds is 7. The second-order valence-corrected chi connectivity index (χ2v) is 6.61. The molecule has 4 rings (SSSR count). The number of carbonyl (C=O) groups is 1. The highest BCUT2D eigenvalue weighted by Crippen LogP contribution is 2.20. The van der Waals surface area contributed by atoms with Gasteiger partial charge in [0.1, 0.15) is 18.7 Å². The number of aryl methyl sites for hydroxylation is 2. The average Bonchev–Trinajstić information content (AvgIpc) is 3.29. The van der Waals surface area contributed by atoms with Crippen LogP contribution in [0.1, 0.15) is 18.2 Å². The van der Waals surface area contributed by atoms with E-state index in [1.165, 1.54) is 12.7 Å². The van der Waals surface area contributed by atoms with Gasteiger partial charge < -0.3 is 20.9 Å². The Balaban J connectivity index is 1.53. The van der Waals surface area contributed by atoms with Crippen molar-refractivity contribution < 1.29 is 4.79 Å². The molecule has 154 valence electrons. The smallest absolute Gasteiger partial charge is 0.245 e. The van der Waals surface area contributed by atoms with Crippen molar-refractivity contribution in [3.63, 3.8) is 0 Å². The van der Waals surface area contributed by atoms with Crippen LogP contribution in [0.5, 0.6) is 0 Å². The Morgan fingerprint density at radius 1 is 1.23 bits per heavy atom. The van der Waals surface area contributed by atoms with Crippen LogP contribution in [0.25, 0.3) is 11.2 Å². The number of nitrogens with one attached hydrogen (secondary N) is 2. The van der Waals surface area contributed by atoms with Crippen molar-refractivity contribution in [1.82, 2.24) is 39.3 Å². The summed E-state index contributed by atoms with van der Waals surface area (Å²) in [4.78, 5) is 33.4. The van der Waals surface area contributed by atoms with Gasteiger partial charge in [-0.3, -0.25) is 4.79 Å². The maximum atomic E-state index is 12.6. The maximum absolute atomic E-state index is 12.6. The fourth-order valence-corrected chi connectivity index (χ4v) is 3.03. The van der Waals surface area contributed by atoms with Gasteiger partial charge in [-0.2, -0.15) is 15.1 Å². The van der Waals surface area contributed by atoms with Crippen LogP contribution in [0.4, 0.5) is 17.6 Å². The Bertz CT molecular complexity index is 1180.